The lowest BCUT2D eigenvalue weighted by atomic mass is 10.1. The minimum Gasteiger partial charge on any atom is -0.439 e. The van der Waals surface area contributed by atoms with Crippen LogP contribution in [-0.2, 0) is 0 Å². The van der Waals surface area contributed by atoms with E-state index in [4.69, 9.17) is 9.94 Å². The van der Waals surface area contributed by atoms with Gasteiger partial charge in [0, 0.05) is 12.3 Å². The number of benzene rings is 1. The van der Waals surface area contributed by atoms with Gasteiger partial charge in [-0.3, -0.25) is 10.0 Å². The van der Waals surface area contributed by atoms with Crippen LogP contribution in [0.5, 0.6) is 11.6 Å². The maximum absolute atomic E-state index is 11.1. The summed E-state index contributed by atoms with van der Waals surface area (Å²) < 4.78 is 5.60. The first kappa shape index (κ1) is 12.6. The van der Waals surface area contributed by atoms with Crippen LogP contribution in [0.25, 0.3) is 0 Å². The van der Waals surface area contributed by atoms with E-state index in [1.165, 1.54) is 30.7 Å². The van der Waals surface area contributed by atoms with Crippen LogP contribution < -0.4 is 10.2 Å². The molecule has 2 N–H and O–H groups in total. The lowest BCUT2D eigenvalue weighted by Crippen LogP contribution is -2.18. The zero-order valence-electron chi connectivity index (χ0n) is 10.7. The molecule has 5 nitrogen and oxygen atoms in total. The summed E-state index contributed by atoms with van der Waals surface area (Å²) in [6.07, 6.45) is 3.89. The van der Waals surface area contributed by atoms with E-state index in [0.717, 1.165) is 5.92 Å². The highest BCUT2D eigenvalue weighted by Gasteiger charge is 2.23. The fraction of sp³-hybridized carbons (Fsp3) is 0.200. The second-order valence-corrected chi connectivity index (χ2v) is 4.77. The summed E-state index contributed by atoms with van der Waals surface area (Å²) in [4.78, 5) is 15.2. The van der Waals surface area contributed by atoms with E-state index < -0.39 is 5.91 Å². The Hall–Kier alpha value is -2.40. The third-order valence-electron chi connectivity index (χ3n) is 3.25. The Bertz CT molecular complexity index is 604. The Kier molecular flexibility index (Phi) is 3.35. The van der Waals surface area contributed by atoms with Crippen molar-refractivity contribution in [3.8, 4) is 11.6 Å². The van der Waals surface area contributed by atoms with Crippen LogP contribution in [0, 0.1) is 0 Å². The molecule has 3 rings (SSSR count). The predicted octanol–water partition coefficient (Wildman–Crippen LogP) is 2.87. The SMILES string of the molecule is O=C(NO)c1ccc(Oc2ccc(C3CC3)cc2)nc1. The number of nitrogens with one attached hydrogen (secondary N) is 1. The Morgan fingerprint density at radius 2 is 1.95 bits per heavy atom. The van der Waals surface area contributed by atoms with Crippen molar-refractivity contribution in [2.24, 2.45) is 0 Å². The molecule has 0 aliphatic heterocycles. The highest BCUT2D eigenvalue weighted by atomic mass is 16.5. The summed E-state index contributed by atoms with van der Waals surface area (Å²) in [5.41, 5.74) is 3.17. The van der Waals surface area contributed by atoms with Crippen LogP contribution in [0.3, 0.4) is 0 Å². The molecule has 0 bridgehead atoms. The summed E-state index contributed by atoms with van der Waals surface area (Å²) in [6.45, 7) is 0. The number of ether oxygens (including phenoxy) is 1. The Morgan fingerprint density at radius 3 is 2.50 bits per heavy atom. The molecule has 1 aromatic heterocycles. The van der Waals surface area contributed by atoms with Gasteiger partial charge < -0.3 is 4.74 Å². The van der Waals surface area contributed by atoms with Crippen molar-refractivity contribution in [1.82, 2.24) is 10.5 Å². The normalized spacial score (nSPS) is 13.8. The topological polar surface area (TPSA) is 71.5 Å². The number of hydroxylamine groups is 1. The van der Waals surface area contributed by atoms with Gasteiger partial charge in [0.15, 0.2) is 0 Å². The van der Waals surface area contributed by atoms with E-state index in [1.54, 1.807) is 11.5 Å². The van der Waals surface area contributed by atoms with E-state index in [0.29, 0.717) is 11.6 Å². The average molecular weight is 270 g/mol. The van der Waals surface area contributed by atoms with E-state index in [1.807, 2.05) is 12.1 Å². The molecule has 1 aliphatic carbocycles. The number of amides is 1. The van der Waals surface area contributed by atoms with Gasteiger partial charge in [-0.1, -0.05) is 12.1 Å². The predicted molar refractivity (Wildman–Crippen MR) is 72.0 cm³/mol. The van der Waals surface area contributed by atoms with Crippen molar-refractivity contribution in [1.29, 1.82) is 0 Å². The lowest BCUT2D eigenvalue weighted by molar-refractivity contribution is 0.0706. The monoisotopic (exact) mass is 270 g/mol. The van der Waals surface area contributed by atoms with Gasteiger partial charge >= 0.3 is 0 Å². The van der Waals surface area contributed by atoms with Gasteiger partial charge in [-0.05, 0) is 42.5 Å². The summed E-state index contributed by atoms with van der Waals surface area (Å²) in [6, 6.07) is 11.1. The fourth-order valence-electron chi connectivity index (χ4n) is 1.98. The largest absolute Gasteiger partial charge is 0.439 e. The third kappa shape index (κ3) is 2.78. The molecule has 0 spiro atoms. The molecule has 2 aromatic rings. The molecule has 1 amide bonds. The molecule has 0 saturated heterocycles. The van der Waals surface area contributed by atoms with Crippen molar-refractivity contribution in [2.45, 2.75) is 18.8 Å². The Morgan fingerprint density at radius 1 is 1.20 bits per heavy atom. The quantitative estimate of drug-likeness (QED) is 0.662. The van der Waals surface area contributed by atoms with Gasteiger partial charge in [0.05, 0.1) is 5.56 Å². The average Bonchev–Trinajstić information content (AvgIpc) is 3.33. The van der Waals surface area contributed by atoms with Crippen LogP contribution in [-0.4, -0.2) is 16.1 Å². The summed E-state index contributed by atoms with van der Waals surface area (Å²) >= 11 is 0. The van der Waals surface area contributed by atoms with Crippen LogP contribution in [0.2, 0.25) is 0 Å². The van der Waals surface area contributed by atoms with Crippen LogP contribution in [0.4, 0.5) is 0 Å². The molecule has 0 unspecified atom stereocenters. The van der Waals surface area contributed by atoms with Gasteiger partial charge in [0.1, 0.15) is 5.75 Å². The van der Waals surface area contributed by atoms with Gasteiger partial charge in [-0.25, -0.2) is 10.5 Å². The van der Waals surface area contributed by atoms with Crippen LogP contribution in [0.1, 0.15) is 34.7 Å². The number of aromatic nitrogens is 1. The number of pyridine rings is 1. The van der Waals surface area contributed by atoms with Crippen LogP contribution in [0.15, 0.2) is 42.6 Å². The molecular weight excluding hydrogens is 256 g/mol. The zero-order valence-corrected chi connectivity index (χ0v) is 10.7. The minimum atomic E-state index is -0.599. The maximum atomic E-state index is 11.1. The lowest BCUT2D eigenvalue weighted by Gasteiger charge is -2.06. The second-order valence-electron chi connectivity index (χ2n) is 4.77. The van der Waals surface area contributed by atoms with Crippen molar-refractivity contribution in [3.05, 3.63) is 53.7 Å². The van der Waals surface area contributed by atoms with Gasteiger partial charge in [0.25, 0.3) is 5.91 Å². The first-order chi connectivity index (χ1) is 9.76. The van der Waals surface area contributed by atoms with E-state index >= 15 is 0 Å². The van der Waals surface area contributed by atoms with Gasteiger partial charge in [-0.15, -0.1) is 0 Å². The minimum absolute atomic E-state index is 0.268. The first-order valence-corrected chi connectivity index (χ1v) is 6.44. The molecular formula is C15H14N2O3. The number of carbonyl (C=O) groups excluding carboxylic acids is 1. The number of hydrogen-bond acceptors (Lipinski definition) is 4. The number of rotatable bonds is 4. The highest BCUT2D eigenvalue weighted by Crippen LogP contribution is 2.40. The fourth-order valence-corrected chi connectivity index (χ4v) is 1.98. The molecule has 1 aromatic carbocycles. The molecule has 1 fully saturated rings. The molecule has 20 heavy (non-hydrogen) atoms. The molecule has 5 heteroatoms. The molecule has 102 valence electrons. The van der Waals surface area contributed by atoms with Gasteiger partial charge in [-0.2, -0.15) is 0 Å². The molecule has 0 radical (unpaired) electrons. The van der Waals surface area contributed by atoms with Crippen molar-refractivity contribution >= 4 is 5.91 Å². The van der Waals surface area contributed by atoms with E-state index in [9.17, 15) is 4.79 Å². The summed E-state index contributed by atoms with van der Waals surface area (Å²) in [7, 11) is 0. The third-order valence-corrected chi connectivity index (χ3v) is 3.25. The molecule has 1 saturated carbocycles. The maximum Gasteiger partial charge on any atom is 0.276 e. The molecule has 1 heterocycles. The molecule has 1 aliphatic rings. The van der Waals surface area contributed by atoms with Gasteiger partial charge in [0.2, 0.25) is 5.88 Å². The molecule has 0 atom stereocenters. The van der Waals surface area contributed by atoms with Crippen molar-refractivity contribution in [2.75, 3.05) is 0 Å². The first-order valence-electron chi connectivity index (χ1n) is 6.44. The van der Waals surface area contributed by atoms with Crippen molar-refractivity contribution < 1.29 is 14.7 Å². The van der Waals surface area contributed by atoms with Crippen molar-refractivity contribution in [3.63, 3.8) is 0 Å². The van der Waals surface area contributed by atoms with E-state index in [-0.39, 0.29) is 5.56 Å². The highest BCUT2D eigenvalue weighted by molar-refractivity contribution is 5.92. The number of carbonyl (C=O) groups is 1. The number of hydrogen-bond donors (Lipinski definition) is 2. The Labute approximate surface area is 116 Å². The second kappa shape index (κ2) is 5.30. The standard InChI is InChI=1S/C15H14N2O3/c18-15(17-19)12-5-8-14(16-9-12)20-13-6-3-11(4-7-13)10-1-2-10/h3-10,19H,1-2H2,(H,17,18). The summed E-state index contributed by atoms with van der Waals surface area (Å²) in [5, 5.41) is 8.51. The van der Waals surface area contributed by atoms with E-state index in [2.05, 4.69) is 17.1 Å². The smallest absolute Gasteiger partial charge is 0.276 e. The zero-order chi connectivity index (χ0) is 13.9. The number of nitrogens with zero attached hydrogens (tertiary/aromatic N) is 1. The summed E-state index contributed by atoms with van der Waals surface area (Å²) in [5.74, 6) is 1.23. The van der Waals surface area contributed by atoms with Crippen LogP contribution >= 0.6 is 0 Å². The Balaban J connectivity index is 1.68.